The predicted octanol–water partition coefficient (Wildman–Crippen LogP) is 2.89. The summed E-state index contributed by atoms with van der Waals surface area (Å²) in [5.74, 6) is 1.22. The zero-order chi connectivity index (χ0) is 14.3. The topological polar surface area (TPSA) is 52.6 Å². The van der Waals surface area contributed by atoms with Gasteiger partial charge in [-0.15, -0.1) is 0 Å². The largest absolute Gasteiger partial charge is 0.496 e. The van der Waals surface area contributed by atoms with Gasteiger partial charge in [0.2, 0.25) is 0 Å². The summed E-state index contributed by atoms with van der Waals surface area (Å²) in [6, 6.07) is 5.28. The van der Waals surface area contributed by atoms with E-state index in [9.17, 15) is 9.59 Å². The van der Waals surface area contributed by atoms with Crippen LogP contribution >= 0.6 is 8.58 Å². The summed E-state index contributed by atoms with van der Waals surface area (Å²) in [4.78, 5) is 23.1. The summed E-state index contributed by atoms with van der Waals surface area (Å²) in [7, 11) is 3.19. The minimum atomic E-state index is 0.0119. The van der Waals surface area contributed by atoms with Gasteiger partial charge in [0.05, 0.1) is 14.2 Å². The van der Waals surface area contributed by atoms with Crippen molar-refractivity contribution in [3.05, 3.63) is 23.8 Å². The van der Waals surface area contributed by atoms with Crippen LogP contribution in [-0.2, 0) is 4.79 Å². The van der Waals surface area contributed by atoms with Crippen molar-refractivity contribution in [1.29, 1.82) is 0 Å². The first-order valence-corrected chi connectivity index (χ1v) is 7.29. The number of benzene rings is 1. The van der Waals surface area contributed by atoms with Crippen LogP contribution in [-0.4, -0.2) is 31.7 Å². The van der Waals surface area contributed by atoms with Gasteiger partial charge in [-0.1, -0.05) is 6.07 Å². The van der Waals surface area contributed by atoms with Crippen molar-refractivity contribution in [2.45, 2.75) is 19.8 Å². The van der Waals surface area contributed by atoms with E-state index in [4.69, 9.17) is 9.47 Å². The molecule has 5 heteroatoms. The highest BCUT2D eigenvalue weighted by Crippen LogP contribution is 2.34. The van der Waals surface area contributed by atoms with E-state index in [1.54, 1.807) is 25.1 Å². The quantitative estimate of drug-likeness (QED) is 0.543. The number of carbonyl (C=O) groups excluding carboxylic acids is 2. The molecule has 0 fully saturated rings. The molecule has 0 spiro atoms. The van der Waals surface area contributed by atoms with Crippen molar-refractivity contribution < 1.29 is 19.1 Å². The van der Waals surface area contributed by atoms with Crippen molar-refractivity contribution in [3.63, 3.8) is 0 Å². The molecule has 0 aromatic heterocycles. The molecule has 1 atom stereocenters. The lowest BCUT2D eigenvalue weighted by molar-refractivity contribution is -0.117. The van der Waals surface area contributed by atoms with Gasteiger partial charge >= 0.3 is 0 Å². The molecule has 0 saturated carbocycles. The Morgan fingerprint density at radius 3 is 2.21 bits per heavy atom. The minimum Gasteiger partial charge on any atom is -0.496 e. The fourth-order valence-electron chi connectivity index (χ4n) is 1.70. The third-order valence-corrected chi connectivity index (χ3v) is 3.82. The van der Waals surface area contributed by atoms with Crippen LogP contribution in [0.15, 0.2) is 18.2 Å². The summed E-state index contributed by atoms with van der Waals surface area (Å²) < 4.78 is 10.4. The second kappa shape index (κ2) is 7.90. The third-order valence-electron chi connectivity index (χ3n) is 2.65. The highest BCUT2D eigenvalue weighted by Gasteiger charge is 2.17. The Labute approximate surface area is 115 Å². The van der Waals surface area contributed by atoms with Gasteiger partial charge in [-0.05, 0) is 40.2 Å². The Morgan fingerprint density at radius 1 is 1.16 bits per heavy atom. The summed E-state index contributed by atoms with van der Waals surface area (Å²) in [5, 5.41) is 0. The molecule has 0 aliphatic rings. The molecule has 0 saturated heterocycles. The predicted molar refractivity (Wildman–Crippen MR) is 77.0 cm³/mol. The van der Waals surface area contributed by atoms with E-state index >= 15 is 0 Å². The van der Waals surface area contributed by atoms with Crippen LogP contribution in [0.4, 0.5) is 0 Å². The van der Waals surface area contributed by atoms with Crippen LogP contribution in [0.25, 0.3) is 0 Å². The molecule has 0 heterocycles. The molecule has 19 heavy (non-hydrogen) atoms. The van der Waals surface area contributed by atoms with E-state index in [1.807, 2.05) is 0 Å². The first-order chi connectivity index (χ1) is 9.10. The fraction of sp³-hybridized carbons (Fsp3) is 0.429. The van der Waals surface area contributed by atoms with Gasteiger partial charge in [0, 0.05) is 6.42 Å². The van der Waals surface area contributed by atoms with Crippen LogP contribution in [0.1, 0.15) is 30.1 Å². The molecule has 4 nitrogen and oxygen atoms in total. The van der Waals surface area contributed by atoms with Crippen molar-refractivity contribution in [1.82, 2.24) is 0 Å². The van der Waals surface area contributed by atoms with Crippen molar-refractivity contribution in [2.24, 2.45) is 0 Å². The summed E-state index contributed by atoms with van der Waals surface area (Å²) in [5.41, 5.74) is 0.506. The van der Waals surface area contributed by atoms with Gasteiger partial charge in [0.25, 0.3) is 0 Å². The minimum absolute atomic E-state index is 0.0119. The molecule has 1 aromatic rings. The first-order valence-electron chi connectivity index (χ1n) is 6.08. The lowest BCUT2D eigenvalue weighted by Gasteiger charge is -2.11. The van der Waals surface area contributed by atoms with E-state index in [2.05, 4.69) is 0 Å². The number of ketones is 1. The van der Waals surface area contributed by atoms with Crippen LogP contribution in [0.2, 0.25) is 0 Å². The van der Waals surface area contributed by atoms with Crippen molar-refractivity contribution in [2.75, 3.05) is 20.4 Å². The number of rotatable bonds is 8. The van der Waals surface area contributed by atoms with Gasteiger partial charge in [-0.25, -0.2) is 0 Å². The molecule has 0 bridgehead atoms. The molecule has 0 aliphatic heterocycles. The smallest absolute Gasteiger partial charge is 0.188 e. The Morgan fingerprint density at radius 2 is 1.74 bits per heavy atom. The number of methoxy groups -OCH3 is 2. The molecule has 0 N–H and O–H groups in total. The molecule has 0 radical (unpaired) electrons. The summed E-state index contributed by atoms with van der Waals surface area (Å²) >= 11 is 0. The zero-order valence-corrected chi connectivity index (χ0v) is 12.5. The number of ether oxygens (including phenoxy) is 2. The molecular weight excluding hydrogens is 263 g/mol. The molecular formula is C14H19O4P. The lowest BCUT2D eigenvalue weighted by Crippen LogP contribution is -2.01. The SMILES string of the molecule is COc1cccc(OC)c1C(=O)PCCCC(C)=O. The maximum Gasteiger partial charge on any atom is 0.188 e. The maximum atomic E-state index is 12.2. The average molecular weight is 282 g/mol. The van der Waals surface area contributed by atoms with E-state index in [0.717, 1.165) is 12.6 Å². The average Bonchev–Trinajstić information content (AvgIpc) is 2.42. The standard InChI is InChI=1S/C14H19O4P/c1-10(15)6-5-9-19-14(16)13-11(17-2)7-4-8-12(13)18-3/h4,7-8,19H,5-6,9H2,1-3H3. The third kappa shape index (κ3) is 4.64. The Hall–Kier alpha value is -1.41. The Kier molecular flexibility index (Phi) is 6.51. The summed E-state index contributed by atoms with van der Waals surface area (Å²) in [6.07, 6.45) is 2.00. The molecule has 1 aromatic carbocycles. The Bertz CT molecular complexity index is 435. The number of hydrogen-bond acceptors (Lipinski definition) is 4. The maximum absolute atomic E-state index is 12.2. The lowest BCUT2D eigenvalue weighted by atomic mass is 10.2. The number of Topliss-reactive ketones (excluding diaryl/α,β-unsaturated/α-hetero) is 1. The first kappa shape index (κ1) is 15.6. The monoisotopic (exact) mass is 282 g/mol. The Balaban J connectivity index is 2.72. The van der Waals surface area contributed by atoms with Gasteiger partial charge in [0.1, 0.15) is 22.8 Å². The zero-order valence-electron chi connectivity index (χ0n) is 11.5. The number of carbonyl (C=O) groups is 2. The van der Waals surface area contributed by atoms with E-state index in [1.165, 1.54) is 14.2 Å². The van der Waals surface area contributed by atoms with Gasteiger partial charge in [-0.2, -0.15) is 0 Å². The van der Waals surface area contributed by atoms with Crippen molar-refractivity contribution in [3.8, 4) is 11.5 Å². The summed E-state index contributed by atoms with van der Waals surface area (Å²) in [6.45, 7) is 1.56. The normalized spacial score (nSPS) is 10.7. The van der Waals surface area contributed by atoms with Crippen LogP contribution in [0.5, 0.6) is 11.5 Å². The highest BCUT2D eigenvalue weighted by molar-refractivity contribution is 7.58. The number of hydrogen-bond donors (Lipinski definition) is 0. The van der Waals surface area contributed by atoms with Gasteiger partial charge < -0.3 is 14.3 Å². The van der Waals surface area contributed by atoms with Crippen molar-refractivity contribution >= 4 is 19.9 Å². The molecule has 1 rings (SSSR count). The van der Waals surface area contributed by atoms with Crippen LogP contribution in [0, 0.1) is 0 Å². The molecule has 0 amide bonds. The second-order valence-corrected chi connectivity index (χ2v) is 5.41. The van der Waals surface area contributed by atoms with Gasteiger partial charge in [-0.3, -0.25) is 4.79 Å². The van der Waals surface area contributed by atoms with Crippen LogP contribution < -0.4 is 9.47 Å². The van der Waals surface area contributed by atoms with Gasteiger partial charge in [0.15, 0.2) is 5.52 Å². The van der Waals surface area contributed by atoms with E-state index < -0.39 is 0 Å². The molecule has 104 valence electrons. The van der Waals surface area contributed by atoms with E-state index in [-0.39, 0.29) is 19.9 Å². The second-order valence-electron chi connectivity index (χ2n) is 4.10. The molecule has 1 unspecified atom stereocenters. The molecule has 0 aliphatic carbocycles. The highest BCUT2D eigenvalue weighted by atomic mass is 31.1. The van der Waals surface area contributed by atoms with E-state index in [0.29, 0.717) is 23.5 Å². The fourth-order valence-corrected chi connectivity index (χ4v) is 2.71. The van der Waals surface area contributed by atoms with Crippen LogP contribution in [0.3, 0.4) is 0 Å².